The van der Waals surface area contributed by atoms with E-state index in [4.69, 9.17) is 0 Å². The molecule has 2 saturated heterocycles. The largest absolute Gasteiger partial charge is 0.355 e. The fourth-order valence-corrected chi connectivity index (χ4v) is 4.95. The molecule has 1 N–H and O–H groups in total. The normalized spacial score (nSPS) is 19.9. The van der Waals surface area contributed by atoms with Gasteiger partial charge in [-0.25, -0.2) is 14.1 Å². The average molecular weight is 524 g/mol. The fraction of sp³-hybridized carbons (Fsp3) is 0.444. The number of likely N-dealkylation sites (tertiary alicyclic amines) is 1. The summed E-state index contributed by atoms with van der Waals surface area (Å²) >= 11 is 0. The molecule has 0 aliphatic carbocycles. The van der Waals surface area contributed by atoms with Crippen molar-refractivity contribution in [2.75, 3.05) is 24.5 Å². The highest BCUT2D eigenvalue weighted by Gasteiger charge is 2.41. The van der Waals surface area contributed by atoms with Crippen molar-refractivity contribution >= 4 is 17.6 Å². The monoisotopic (exact) mass is 523 g/mol. The molecule has 3 unspecified atom stereocenters. The highest BCUT2D eigenvalue weighted by molar-refractivity contribution is 5.89. The summed E-state index contributed by atoms with van der Waals surface area (Å²) in [5.74, 6) is -0.862. The van der Waals surface area contributed by atoms with Crippen LogP contribution in [0.2, 0.25) is 0 Å². The minimum absolute atomic E-state index is 0.0487. The van der Waals surface area contributed by atoms with E-state index in [9.17, 15) is 18.4 Å². The lowest BCUT2D eigenvalue weighted by Gasteiger charge is -2.32. The number of hydrogen-bond donors (Lipinski definition) is 1. The number of aromatic nitrogens is 4. The molecule has 0 spiro atoms. The Labute approximate surface area is 219 Å². The molecule has 200 valence electrons. The quantitative estimate of drug-likeness (QED) is 0.456. The van der Waals surface area contributed by atoms with Crippen molar-refractivity contribution < 1.29 is 18.4 Å². The van der Waals surface area contributed by atoms with Crippen LogP contribution >= 0.6 is 0 Å². The van der Waals surface area contributed by atoms with Gasteiger partial charge in [-0.3, -0.25) is 9.59 Å². The van der Waals surface area contributed by atoms with Gasteiger partial charge in [0.2, 0.25) is 17.8 Å². The number of hydrogen-bond acceptors (Lipinski definition) is 6. The summed E-state index contributed by atoms with van der Waals surface area (Å²) in [6.07, 6.45) is 1.19. The standard InChI is InChI=1S/C27H31F2N7O2/c1-17(2)20-9-10-21(31-26(20)29)25(18-7-4-3-5-8-18)32-27(38)22-13-19(28)15-35(22)24(37)16-36-23(14-30-33-36)34-11-6-12-34/h3-5,7-10,14,17,19,22,25H,6,11-13,15-16H2,1-2H3,(H,32,38). The number of nitrogens with one attached hydrogen (secondary N) is 1. The predicted octanol–water partition coefficient (Wildman–Crippen LogP) is 2.99. The molecular formula is C27H31F2N7O2. The summed E-state index contributed by atoms with van der Waals surface area (Å²) in [5.41, 5.74) is 1.49. The van der Waals surface area contributed by atoms with Crippen LogP contribution in [0.4, 0.5) is 14.6 Å². The van der Waals surface area contributed by atoms with Gasteiger partial charge >= 0.3 is 0 Å². The first-order chi connectivity index (χ1) is 18.3. The van der Waals surface area contributed by atoms with Gasteiger partial charge in [0.05, 0.1) is 24.5 Å². The summed E-state index contributed by atoms with van der Waals surface area (Å²) in [6.45, 7) is 5.14. The molecule has 3 aromatic rings. The van der Waals surface area contributed by atoms with E-state index in [-0.39, 0.29) is 25.4 Å². The van der Waals surface area contributed by atoms with Crippen LogP contribution in [-0.2, 0) is 16.1 Å². The molecular weight excluding hydrogens is 492 g/mol. The Hall–Kier alpha value is -3.89. The van der Waals surface area contributed by atoms with E-state index in [1.807, 2.05) is 32.0 Å². The maximum absolute atomic E-state index is 14.8. The third-order valence-electron chi connectivity index (χ3n) is 7.17. The van der Waals surface area contributed by atoms with Crippen molar-refractivity contribution in [1.82, 2.24) is 30.2 Å². The Morgan fingerprint density at radius 3 is 2.55 bits per heavy atom. The number of pyridine rings is 1. The third kappa shape index (κ3) is 5.23. The van der Waals surface area contributed by atoms with Gasteiger partial charge in [0, 0.05) is 25.1 Å². The first kappa shape index (κ1) is 25.7. The zero-order valence-corrected chi connectivity index (χ0v) is 21.4. The van der Waals surface area contributed by atoms with Crippen molar-refractivity contribution in [1.29, 1.82) is 0 Å². The van der Waals surface area contributed by atoms with Crippen LogP contribution in [-0.4, -0.2) is 68.5 Å². The fourth-order valence-electron chi connectivity index (χ4n) is 4.95. The highest BCUT2D eigenvalue weighted by atomic mass is 19.1. The van der Waals surface area contributed by atoms with Gasteiger partial charge in [-0.1, -0.05) is 55.5 Å². The number of carbonyl (C=O) groups excluding carboxylic acids is 2. The molecule has 2 aliphatic rings. The van der Waals surface area contributed by atoms with E-state index < -0.39 is 36.0 Å². The lowest BCUT2D eigenvalue weighted by molar-refractivity contribution is -0.139. The molecule has 2 aromatic heterocycles. The Kier molecular flexibility index (Phi) is 7.35. The summed E-state index contributed by atoms with van der Waals surface area (Å²) in [5, 5.41) is 10.8. The number of rotatable bonds is 8. The number of carbonyl (C=O) groups is 2. The second-order valence-corrected chi connectivity index (χ2v) is 10.1. The molecule has 4 heterocycles. The van der Waals surface area contributed by atoms with Gasteiger partial charge in [0.15, 0.2) is 0 Å². The molecule has 2 amide bonds. The van der Waals surface area contributed by atoms with Crippen LogP contribution in [0.15, 0.2) is 48.7 Å². The van der Waals surface area contributed by atoms with Gasteiger partial charge in [-0.2, -0.15) is 4.39 Å². The molecule has 0 saturated carbocycles. The molecule has 2 fully saturated rings. The zero-order valence-electron chi connectivity index (χ0n) is 21.4. The van der Waals surface area contributed by atoms with Crippen LogP contribution < -0.4 is 10.2 Å². The van der Waals surface area contributed by atoms with Crippen LogP contribution in [0.1, 0.15) is 55.5 Å². The van der Waals surface area contributed by atoms with Gasteiger partial charge < -0.3 is 15.1 Å². The van der Waals surface area contributed by atoms with Crippen LogP contribution in [0.3, 0.4) is 0 Å². The van der Waals surface area contributed by atoms with Crippen LogP contribution in [0, 0.1) is 5.95 Å². The molecule has 2 aliphatic heterocycles. The van der Waals surface area contributed by atoms with Crippen LogP contribution in [0.25, 0.3) is 0 Å². The summed E-state index contributed by atoms with van der Waals surface area (Å²) < 4.78 is 30.8. The van der Waals surface area contributed by atoms with E-state index in [0.29, 0.717) is 16.8 Å². The van der Waals surface area contributed by atoms with E-state index in [1.54, 1.807) is 30.5 Å². The SMILES string of the molecule is CC(C)c1ccc(C(NC(=O)C2CC(F)CN2C(=O)Cn2nncc2N2CCC2)c2ccccc2)nc1F. The molecule has 0 radical (unpaired) electrons. The van der Waals surface area contributed by atoms with Crippen molar-refractivity contribution in [2.24, 2.45) is 0 Å². The van der Waals surface area contributed by atoms with Crippen molar-refractivity contribution in [3.8, 4) is 0 Å². The number of halogens is 2. The minimum Gasteiger partial charge on any atom is -0.355 e. The summed E-state index contributed by atoms with van der Waals surface area (Å²) in [6, 6.07) is 10.6. The number of nitrogens with zero attached hydrogens (tertiary/aromatic N) is 6. The van der Waals surface area contributed by atoms with Crippen molar-refractivity contribution in [3.05, 3.63) is 71.4 Å². The third-order valence-corrected chi connectivity index (χ3v) is 7.17. The van der Waals surface area contributed by atoms with Crippen LogP contribution in [0.5, 0.6) is 0 Å². The van der Waals surface area contributed by atoms with E-state index in [0.717, 1.165) is 25.3 Å². The molecule has 3 atom stereocenters. The second-order valence-electron chi connectivity index (χ2n) is 10.1. The lowest BCUT2D eigenvalue weighted by atomic mass is 9.99. The van der Waals surface area contributed by atoms with Gasteiger partial charge in [0.1, 0.15) is 24.6 Å². The van der Waals surface area contributed by atoms with E-state index in [2.05, 4.69) is 25.5 Å². The van der Waals surface area contributed by atoms with Crippen molar-refractivity contribution in [2.45, 2.75) is 57.4 Å². The maximum Gasteiger partial charge on any atom is 0.245 e. The highest BCUT2D eigenvalue weighted by Crippen LogP contribution is 2.27. The molecule has 0 bridgehead atoms. The second kappa shape index (κ2) is 10.8. The van der Waals surface area contributed by atoms with E-state index >= 15 is 0 Å². The van der Waals surface area contributed by atoms with Gasteiger partial charge in [-0.05, 0) is 24.0 Å². The first-order valence-electron chi connectivity index (χ1n) is 12.9. The lowest BCUT2D eigenvalue weighted by Crippen LogP contribution is -2.48. The minimum atomic E-state index is -1.34. The number of benzene rings is 1. The maximum atomic E-state index is 14.8. The molecule has 9 nitrogen and oxygen atoms in total. The average Bonchev–Trinajstić information content (AvgIpc) is 3.48. The Morgan fingerprint density at radius 1 is 1.13 bits per heavy atom. The smallest absolute Gasteiger partial charge is 0.245 e. The summed E-state index contributed by atoms with van der Waals surface area (Å²) in [7, 11) is 0. The number of amides is 2. The Morgan fingerprint density at radius 2 is 1.89 bits per heavy atom. The van der Waals surface area contributed by atoms with Gasteiger partial charge in [-0.15, -0.1) is 5.10 Å². The summed E-state index contributed by atoms with van der Waals surface area (Å²) in [4.78, 5) is 34.2. The number of anilines is 1. The number of alkyl halides is 1. The molecule has 1 aromatic carbocycles. The topological polar surface area (TPSA) is 96.2 Å². The molecule has 38 heavy (non-hydrogen) atoms. The molecule has 5 rings (SSSR count). The van der Waals surface area contributed by atoms with Gasteiger partial charge in [0.25, 0.3) is 0 Å². The molecule has 11 heteroatoms. The zero-order chi connectivity index (χ0) is 26.8. The predicted molar refractivity (Wildman–Crippen MR) is 137 cm³/mol. The first-order valence-corrected chi connectivity index (χ1v) is 12.9. The van der Waals surface area contributed by atoms with E-state index in [1.165, 1.54) is 9.58 Å². The Bertz CT molecular complexity index is 1300. The Balaban J connectivity index is 1.36. The van der Waals surface area contributed by atoms with Crippen molar-refractivity contribution in [3.63, 3.8) is 0 Å².